The Morgan fingerprint density at radius 3 is 1.88 bits per heavy atom. The Kier molecular flexibility index (Phi) is 8.33. The third-order valence-electron chi connectivity index (χ3n) is 4.21. The molecular weight excluding hydrogens is 473 g/mol. The van der Waals surface area contributed by atoms with Crippen molar-refractivity contribution in [2.24, 2.45) is 0 Å². The summed E-state index contributed by atoms with van der Waals surface area (Å²) in [6.45, 7) is -0.334. The zero-order chi connectivity index (χ0) is 24.9. The molecule has 33 heavy (non-hydrogen) atoms. The van der Waals surface area contributed by atoms with Crippen LogP contribution in [0.5, 0.6) is 11.5 Å². The molecule has 0 bridgehead atoms. The number of aliphatic hydroxyl groups excluding tert-OH is 1. The van der Waals surface area contributed by atoms with Crippen LogP contribution in [0.25, 0.3) is 0 Å². The lowest BCUT2D eigenvalue weighted by Gasteiger charge is -2.26. The fourth-order valence-corrected chi connectivity index (χ4v) is 2.88. The molecule has 0 spiro atoms. The maximum absolute atomic E-state index is 12.5. The van der Waals surface area contributed by atoms with Crippen molar-refractivity contribution in [2.75, 3.05) is 11.4 Å². The molecule has 2 aromatic carbocycles. The average molecular weight is 491 g/mol. The highest BCUT2D eigenvalue weighted by atomic mass is 19.4. The number of anilines is 1. The van der Waals surface area contributed by atoms with Gasteiger partial charge in [0.25, 0.3) is 0 Å². The summed E-state index contributed by atoms with van der Waals surface area (Å²) >= 11 is 0. The van der Waals surface area contributed by atoms with Crippen molar-refractivity contribution >= 4 is 5.69 Å². The number of rotatable bonds is 9. The third-order valence-corrected chi connectivity index (χ3v) is 4.21. The van der Waals surface area contributed by atoms with E-state index in [1.165, 1.54) is 29.2 Å². The molecule has 0 radical (unpaired) electrons. The summed E-state index contributed by atoms with van der Waals surface area (Å²) in [7, 11) is 0. The zero-order valence-corrected chi connectivity index (χ0v) is 16.6. The fourth-order valence-electron chi connectivity index (χ4n) is 2.88. The second-order valence-corrected chi connectivity index (χ2v) is 6.86. The first-order valence-corrected chi connectivity index (χ1v) is 9.32. The van der Waals surface area contributed by atoms with Crippen LogP contribution in [0.15, 0.2) is 48.5 Å². The van der Waals surface area contributed by atoms with Gasteiger partial charge in [-0.1, -0.05) is 18.2 Å². The Morgan fingerprint density at radius 1 is 0.788 bits per heavy atom. The maximum atomic E-state index is 12.5. The summed E-state index contributed by atoms with van der Waals surface area (Å²) in [5, 5.41) is 9.16. The Balaban J connectivity index is 2.24. The van der Waals surface area contributed by atoms with E-state index in [9.17, 15) is 39.5 Å². The zero-order valence-electron chi connectivity index (χ0n) is 16.6. The molecule has 2 aromatic rings. The summed E-state index contributed by atoms with van der Waals surface area (Å²) < 4.78 is 120. The summed E-state index contributed by atoms with van der Waals surface area (Å²) in [5.74, 6) is -1.13. The summed E-state index contributed by atoms with van der Waals surface area (Å²) in [6.07, 6.45) is -18.3. The van der Waals surface area contributed by atoms with Crippen LogP contribution in [0.2, 0.25) is 0 Å². The Bertz CT molecular complexity index is 897. The topological polar surface area (TPSA) is 41.9 Å². The van der Waals surface area contributed by atoms with Crippen LogP contribution in [0.1, 0.15) is 18.4 Å². The lowest BCUT2D eigenvalue weighted by atomic mass is 10.1. The van der Waals surface area contributed by atoms with Crippen molar-refractivity contribution in [3.05, 3.63) is 54.1 Å². The molecule has 0 aliphatic carbocycles. The number of nitrogens with zero attached hydrogens (tertiary/aromatic N) is 1. The maximum Gasteiger partial charge on any atom is 0.573 e. The van der Waals surface area contributed by atoms with Gasteiger partial charge in [0.05, 0.1) is 0 Å². The molecular formula is C20H18F9NO3. The fraction of sp³-hybridized carbons (Fsp3) is 0.400. The van der Waals surface area contributed by atoms with Crippen LogP contribution >= 0.6 is 0 Å². The van der Waals surface area contributed by atoms with Crippen molar-refractivity contribution in [1.82, 2.24) is 0 Å². The normalized spacial score (nSPS) is 13.5. The molecule has 0 saturated heterocycles. The van der Waals surface area contributed by atoms with Gasteiger partial charge in [-0.2, -0.15) is 13.2 Å². The highest BCUT2D eigenvalue weighted by molar-refractivity contribution is 5.51. The number of hydrogen-bond acceptors (Lipinski definition) is 4. The standard InChI is InChI=1S/C20H18F9NO3/c21-18(22,23)17(31)8-3-9-30(14-5-2-7-16(11-14)33-20(27,28)29)12-13-4-1-6-15(10-13)32-19(24,25)26/h1-2,4-7,10-11,17,31H,3,8-9,12H2. The molecule has 0 amide bonds. The van der Waals surface area contributed by atoms with E-state index in [2.05, 4.69) is 9.47 Å². The van der Waals surface area contributed by atoms with Gasteiger partial charge >= 0.3 is 18.9 Å². The minimum atomic E-state index is -4.98. The van der Waals surface area contributed by atoms with Gasteiger partial charge in [-0.25, -0.2) is 0 Å². The van der Waals surface area contributed by atoms with Crippen LogP contribution < -0.4 is 14.4 Å². The predicted octanol–water partition coefficient (Wildman–Crippen LogP) is 6.19. The van der Waals surface area contributed by atoms with Gasteiger partial charge in [0.2, 0.25) is 0 Å². The molecule has 1 atom stereocenters. The molecule has 1 unspecified atom stereocenters. The molecule has 0 aliphatic rings. The second kappa shape index (κ2) is 10.4. The first-order valence-electron chi connectivity index (χ1n) is 9.32. The SMILES string of the molecule is OC(CCCN(Cc1cccc(OC(F)(F)F)c1)c1cccc(OC(F)(F)F)c1)C(F)(F)F. The van der Waals surface area contributed by atoms with Crippen LogP contribution in [0.3, 0.4) is 0 Å². The monoisotopic (exact) mass is 491 g/mol. The van der Waals surface area contributed by atoms with Gasteiger partial charge in [0.1, 0.15) is 17.6 Å². The molecule has 0 heterocycles. The largest absolute Gasteiger partial charge is 0.573 e. The van der Waals surface area contributed by atoms with Gasteiger partial charge in [0.15, 0.2) is 0 Å². The lowest BCUT2D eigenvalue weighted by Crippen LogP contribution is -2.30. The van der Waals surface area contributed by atoms with E-state index < -0.39 is 42.9 Å². The van der Waals surface area contributed by atoms with E-state index in [1.807, 2.05) is 0 Å². The summed E-state index contributed by atoms with van der Waals surface area (Å²) in [6, 6.07) is 9.34. The number of halogens is 9. The van der Waals surface area contributed by atoms with E-state index in [0.717, 1.165) is 24.3 Å². The molecule has 13 heteroatoms. The van der Waals surface area contributed by atoms with Crippen LogP contribution in [0, 0.1) is 0 Å². The van der Waals surface area contributed by atoms with Crippen LogP contribution in [-0.4, -0.2) is 36.7 Å². The number of aliphatic hydroxyl groups is 1. The minimum Gasteiger partial charge on any atom is -0.406 e. The molecule has 0 aromatic heterocycles. The third kappa shape index (κ3) is 9.68. The molecule has 2 rings (SSSR count). The van der Waals surface area contributed by atoms with Crippen molar-refractivity contribution in [2.45, 2.75) is 44.4 Å². The number of ether oxygens (including phenoxy) is 2. The second-order valence-electron chi connectivity index (χ2n) is 6.86. The molecule has 0 fully saturated rings. The summed E-state index contributed by atoms with van der Waals surface area (Å²) in [5.41, 5.74) is 0.357. The van der Waals surface area contributed by atoms with E-state index in [4.69, 9.17) is 5.11 Å². The average Bonchev–Trinajstić information content (AvgIpc) is 2.64. The van der Waals surface area contributed by atoms with Crippen molar-refractivity contribution in [1.29, 1.82) is 0 Å². The lowest BCUT2D eigenvalue weighted by molar-refractivity contribution is -0.275. The first kappa shape index (κ1) is 26.4. The van der Waals surface area contributed by atoms with E-state index in [-0.39, 0.29) is 30.8 Å². The molecule has 4 nitrogen and oxygen atoms in total. The van der Waals surface area contributed by atoms with E-state index in [1.54, 1.807) is 0 Å². The van der Waals surface area contributed by atoms with Crippen molar-refractivity contribution < 1.29 is 54.1 Å². The first-order chi connectivity index (χ1) is 15.1. The van der Waals surface area contributed by atoms with E-state index >= 15 is 0 Å². The van der Waals surface area contributed by atoms with Crippen molar-refractivity contribution in [3.8, 4) is 11.5 Å². The van der Waals surface area contributed by atoms with Gasteiger partial charge in [0, 0.05) is 24.8 Å². The molecule has 0 aliphatic heterocycles. The number of benzene rings is 2. The number of alkyl halides is 9. The number of hydrogen-bond donors (Lipinski definition) is 1. The van der Waals surface area contributed by atoms with Crippen LogP contribution in [-0.2, 0) is 6.54 Å². The Hall–Kier alpha value is -2.83. The Labute approximate surface area is 182 Å². The summed E-state index contributed by atoms with van der Waals surface area (Å²) in [4.78, 5) is 1.35. The smallest absolute Gasteiger partial charge is 0.406 e. The minimum absolute atomic E-state index is 0.111. The van der Waals surface area contributed by atoms with Crippen molar-refractivity contribution in [3.63, 3.8) is 0 Å². The van der Waals surface area contributed by atoms with E-state index in [0.29, 0.717) is 0 Å². The highest BCUT2D eigenvalue weighted by Crippen LogP contribution is 2.30. The molecule has 0 saturated carbocycles. The molecule has 1 N–H and O–H groups in total. The van der Waals surface area contributed by atoms with Gasteiger partial charge in [-0.15, -0.1) is 26.3 Å². The van der Waals surface area contributed by atoms with Gasteiger partial charge < -0.3 is 19.5 Å². The van der Waals surface area contributed by atoms with Crippen LogP contribution in [0.4, 0.5) is 45.2 Å². The predicted molar refractivity (Wildman–Crippen MR) is 98.6 cm³/mol. The van der Waals surface area contributed by atoms with Gasteiger partial charge in [-0.3, -0.25) is 0 Å². The quantitative estimate of drug-likeness (QED) is 0.425. The van der Waals surface area contributed by atoms with Gasteiger partial charge in [-0.05, 0) is 42.7 Å². The molecule has 184 valence electrons. The highest BCUT2D eigenvalue weighted by Gasteiger charge is 2.37. The Morgan fingerprint density at radius 2 is 1.33 bits per heavy atom.